The zero-order valence-electron chi connectivity index (χ0n) is 17.2. The van der Waals surface area contributed by atoms with Gasteiger partial charge in [0.25, 0.3) is 11.8 Å². The Morgan fingerprint density at radius 2 is 1.97 bits per heavy atom. The average Bonchev–Trinajstić information content (AvgIpc) is 3.25. The number of nitrogens with one attached hydrogen (secondary N) is 2. The first-order valence-electron chi connectivity index (χ1n) is 10.1. The van der Waals surface area contributed by atoms with Crippen LogP contribution in [0.5, 0.6) is 5.75 Å². The number of carbonyl (C=O) groups is 2. The number of hydrogen-bond acceptors (Lipinski definition) is 4. The SMILES string of the molecule is CC(C)c1cc(Br)ccc1OCC(=O)Nc1ccc(C(=O)NCC2CCCO2)cc1. The summed E-state index contributed by atoms with van der Waals surface area (Å²) < 4.78 is 12.2. The molecule has 1 aliphatic heterocycles. The number of rotatable bonds is 8. The maximum Gasteiger partial charge on any atom is 0.262 e. The van der Waals surface area contributed by atoms with Gasteiger partial charge in [0.05, 0.1) is 6.10 Å². The fourth-order valence-corrected chi connectivity index (χ4v) is 3.64. The molecule has 0 saturated carbocycles. The van der Waals surface area contributed by atoms with Gasteiger partial charge in [-0.15, -0.1) is 0 Å². The lowest BCUT2D eigenvalue weighted by molar-refractivity contribution is -0.118. The van der Waals surface area contributed by atoms with E-state index in [1.165, 1.54) is 0 Å². The van der Waals surface area contributed by atoms with Crippen molar-refractivity contribution in [2.75, 3.05) is 25.1 Å². The monoisotopic (exact) mass is 474 g/mol. The van der Waals surface area contributed by atoms with Crippen molar-refractivity contribution >= 4 is 33.4 Å². The highest BCUT2D eigenvalue weighted by atomic mass is 79.9. The molecule has 1 heterocycles. The fraction of sp³-hybridized carbons (Fsp3) is 0.391. The van der Waals surface area contributed by atoms with E-state index < -0.39 is 0 Å². The molecule has 3 rings (SSSR count). The van der Waals surface area contributed by atoms with Crippen LogP contribution in [-0.4, -0.2) is 37.7 Å². The predicted molar refractivity (Wildman–Crippen MR) is 120 cm³/mol. The summed E-state index contributed by atoms with van der Waals surface area (Å²) in [5.74, 6) is 0.562. The molecule has 1 aliphatic rings. The van der Waals surface area contributed by atoms with Crippen LogP contribution in [-0.2, 0) is 9.53 Å². The maximum atomic E-state index is 12.3. The Hall–Kier alpha value is -2.38. The number of halogens is 1. The molecule has 1 fully saturated rings. The van der Waals surface area contributed by atoms with Crippen LogP contribution in [0, 0.1) is 0 Å². The lowest BCUT2D eigenvalue weighted by Gasteiger charge is -2.14. The molecule has 0 aliphatic carbocycles. The Kier molecular flexibility index (Phi) is 7.87. The van der Waals surface area contributed by atoms with Crippen LogP contribution in [0.4, 0.5) is 5.69 Å². The van der Waals surface area contributed by atoms with E-state index in [2.05, 4.69) is 40.4 Å². The van der Waals surface area contributed by atoms with Crippen LogP contribution < -0.4 is 15.4 Å². The van der Waals surface area contributed by atoms with Crippen molar-refractivity contribution in [1.82, 2.24) is 5.32 Å². The van der Waals surface area contributed by atoms with E-state index in [9.17, 15) is 9.59 Å². The van der Waals surface area contributed by atoms with Crippen LogP contribution in [0.25, 0.3) is 0 Å². The molecule has 7 heteroatoms. The van der Waals surface area contributed by atoms with Crippen LogP contribution >= 0.6 is 15.9 Å². The molecular formula is C23H27BrN2O4. The number of anilines is 1. The van der Waals surface area contributed by atoms with E-state index in [0.717, 1.165) is 29.5 Å². The van der Waals surface area contributed by atoms with Gasteiger partial charge in [0, 0.05) is 28.9 Å². The van der Waals surface area contributed by atoms with Crippen molar-refractivity contribution in [3.05, 3.63) is 58.1 Å². The molecule has 0 radical (unpaired) electrons. The van der Waals surface area contributed by atoms with Gasteiger partial charge in [0.2, 0.25) is 0 Å². The first kappa shape index (κ1) is 22.3. The molecule has 1 unspecified atom stereocenters. The summed E-state index contributed by atoms with van der Waals surface area (Å²) in [4.78, 5) is 24.5. The number of amides is 2. The zero-order valence-corrected chi connectivity index (χ0v) is 18.8. The van der Waals surface area contributed by atoms with Gasteiger partial charge in [-0.1, -0.05) is 29.8 Å². The molecular weight excluding hydrogens is 448 g/mol. The number of carbonyl (C=O) groups excluding carboxylic acids is 2. The number of hydrogen-bond donors (Lipinski definition) is 2. The topological polar surface area (TPSA) is 76.7 Å². The lowest BCUT2D eigenvalue weighted by Crippen LogP contribution is -2.31. The Morgan fingerprint density at radius 1 is 1.20 bits per heavy atom. The van der Waals surface area contributed by atoms with Crippen LogP contribution in [0.1, 0.15) is 48.5 Å². The van der Waals surface area contributed by atoms with E-state index in [4.69, 9.17) is 9.47 Å². The maximum absolute atomic E-state index is 12.3. The minimum atomic E-state index is -0.261. The van der Waals surface area contributed by atoms with Gasteiger partial charge in [-0.05, 0) is 66.8 Å². The fourth-order valence-electron chi connectivity index (χ4n) is 3.26. The Bertz CT molecular complexity index is 877. The summed E-state index contributed by atoms with van der Waals surface area (Å²) >= 11 is 3.46. The predicted octanol–water partition coefficient (Wildman–Crippen LogP) is 4.50. The van der Waals surface area contributed by atoms with Gasteiger partial charge in [0.15, 0.2) is 6.61 Å². The van der Waals surface area contributed by atoms with E-state index in [1.54, 1.807) is 24.3 Å². The number of ether oxygens (including phenoxy) is 2. The molecule has 30 heavy (non-hydrogen) atoms. The Balaban J connectivity index is 1.49. The first-order valence-corrected chi connectivity index (χ1v) is 10.9. The second-order valence-electron chi connectivity index (χ2n) is 7.60. The summed E-state index contributed by atoms with van der Waals surface area (Å²) in [5.41, 5.74) is 2.19. The van der Waals surface area contributed by atoms with Crippen molar-refractivity contribution in [3.8, 4) is 5.75 Å². The van der Waals surface area contributed by atoms with Crippen molar-refractivity contribution in [3.63, 3.8) is 0 Å². The van der Waals surface area contributed by atoms with Crippen LogP contribution in [0.15, 0.2) is 46.9 Å². The van der Waals surface area contributed by atoms with E-state index in [-0.39, 0.29) is 30.4 Å². The highest BCUT2D eigenvalue weighted by Crippen LogP contribution is 2.29. The highest BCUT2D eigenvalue weighted by molar-refractivity contribution is 9.10. The third-order valence-electron chi connectivity index (χ3n) is 4.90. The molecule has 160 valence electrons. The first-order chi connectivity index (χ1) is 14.4. The molecule has 2 amide bonds. The molecule has 2 aromatic rings. The van der Waals surface area contributed by atoms with Crippen LogP contribution in [0.3, 0.4) is 0 Å². The molecule has 2 N–H and O–H groups in total. The molecule has 0 bridgehead atoms. The van der Waals surface area contributed by atoms with E-state index >= 15 is 0 Å². The Morgan fingerprint density at radius 3 is 2.63 bits per heavy atom. The lowest BCUT2D eigenvalue weighted by atomic mass is 10.0. The molecule has 1 saturated heterocycles. The summed E-state index contributed by atoms with van der Waals surface area (Å²) in [6, 6.07) is 12.5. The van der Waals surface area contributed by atoms with Crippen molar-refractivity contribution < 1.29 is 19.1 Å². The Labute approximate surface area is 185 Å². The summed E-state index contributed by atoms with van der Waals surface area (Å²) in [6.07, 6.45) is 2.13. The average molecular weight is 475 g/mol. The van der Waals surface area contributed by atoms with Crippen molar-refractivity contribution in [2.45, 2.75) is 38.7 Å². The van der Waals surface area contributed by atoms with Gasteiger partial charge in [-0.2, -0.15) is 0 Å². The van der Waals surface area contributed by atoms with Crippen LogP contribution in [0.2, 0.25) is 0 Å². The van der Waals surface area contributed by atoms with Gasteiger partial charge < -0.3 is 20.1 Å². The highest BCUT2D eigenvalue weighted by Gasteiger charge is 2.17. The summed E-state index contributed by atoms with van der Waals surface area (Å²) in [6.45, 7) is 5.34. The zero-order chi connectivity index (χ0) is 21.5. The normalized spacial score (nSPS) is 15.8. The van der Waals surface area contributed by atoms with Gasteiger partial charge >= 0.3 is 0 Å². The minimum Gasteiger partial charge on any atom is -0.483 e. The smallest absolute Gasteiger partial charge is 0.262 e. The van der Waals surface area contributed by atoms with Gasteiger partial charge in [0.1, 0.15) is 5.75 Å². The number of benzene rings is 2. The summed E-state index contributed by atoms with van der Waals surface area (Å²) in [7, 11) is 0. The standard InChI is InChI=1S/C23H27BrN2O4/c1-15(2)20-12-17(24)7-10-21(20)30-14-22(27)26-18-8-5-16(6-9-18)23(28)25-13-19-4-3-11-29-19/h5-10,12,15,19H,3-4,11,13-14H2,1-2H3,(H,25,28)(H,26,27). The van der Waals surface area contributed by atoms with Crippen molar-refractivity contribution in [2.24, 2.45) is 0 Å². The molecule has 2 aromatic carbocycles. The van der Waals surface area contributed by atoms with Gasteiger partial charge in [-0.3, -0.25) is 9.59 Å². The third kappa shape index (κ3) is 6.31. The van der Waals surface area contributed by atoms with E-state index in [1.807, 2.05) is 18.2 Å². The third-order valence-corrected chi connectivity index (χ3v) is 5.39. The van der Waals surface area contributed by atoms with E-state index in [0.29, 0.717) is 23.5 Å². The summed E-state index contributed by atoms with van der Waals surface area (Å²) in [5, 5.41) is 5.67. The second-order valence-corrected chi connectivity index (χ2v) is 8.51. The molecule has 0 spiro atoms. The second kappa shape index (κ2) is 10.6. The quantitative estimate of drug-likeness (QED) is 0.590. The molecule has 1 atom stereocenters. The van der Waals surface area contributed by atoms with Gasteiger partial charge in [-0.25, -0.2) is 0 Å². The minimum absolute atomic E-state index is 0.0923. The molecule has 0 aromatic heterocycles. The van der Waals surface area contributed by atoms with Crippen molar-refractivity contribution in [1.29, 1.82) is 0 Å². The largest absolute Gasteiger partial charge is 0.483 e. The molecule has 6 nitrogen and oxygen atoms in total.